The molecule has 0 radical (unpaired) electrons. The summed E-state index contributed by atoms with van der Waals surface area (Å²) in [5.74, 6) is 0.346. The molecule has 0 bridgehead atoms. The second-order valence-corrected chi connectivity index (χ2v) is 7.71. The lowest BCUT2D eigenvalue weighted by molar-refractivity contribution is -0.0827. The molecule has 1 aliphatic heterocycles. The Labute approximate surface area is 143 Å². The normalized spacial score (nSPS) is 32.6. The number of likely N-dealkylation sites (tertiary alicyclic amines) is 1. The van der Waals surface area contributed by atoms with E-state index in [1.807, 2.05) is 6.07 Å². The van der Waals surface area contributed by atoms with E-state index in [1.54, 1.807) is 24.3 Å². The summed E-state index contributed by atoms with van der Waals surface area (Å²) in [5, 5.41) is 22.3. The van der Waals surface area contributed by atoms with Crippen LogP contribution in [0.2, 0.25) is 0 Å². The van der Waals surface area contributed by atoms with Gasteiger partial charge >= 0.3 is 0 Å². The smallest absolute Gasteiger partial charge is 0.251 e. The van der Waals surface area contributed by atoms with E-state index in [-0.39, 0.29) is 17.4 Å². The number of rotatable bonds is 3. The zero-order valence-electron chi connectivity index (χ0n) is 14.5. The van der Waals surface area contributed by atoms with Crippen LogP contribution in [-0.2, 0) is 0 Å². The predicted octanol–water partition coefficient (Wildman–Crippen LogP) is 1.77. The number of hydrogen-bond acceptors (Lipinski definition) is 4. The van der Waals surface area contributed by atoms with Gasteiger partial charge in [0.2, 0.25) is 0 Å². The second-order valence-electron chi connectivity index (χ2n) is 7.71. The van der Waals surface area contributed by atoms with Crippen molar-refractivity contribution < 1.29 is 9.90 Å². The average Bonchev–Trinajstić information content (AvgIpc) is 2.84. The largest absolute Gasteiger partial charge is 0.391 e. The predicted molar refractivity (Wildman–Crippen MR) is 91.3 cm³/mol. The third-order valence-corrected chi connectivity index (χ3v) is 5.60. The van der Waals surface area contributed by atoms with Gasteiger partial charge in [0, 0.05) is 23.6 Å². The van der Waals surface area contributed by atoms with Gasteiger partial charge in [-0.05, 0) is 50.1 Å². The van der Waals surface area contributed by atoms with E-state index < -0.39 is 6.10 Å². The lowest BCUT2D eigenvalue weighted by Gasteiger charge is -2.57. The van der Waals surface area contributed by atoms with Crippen LogP contribution < -0.4 is 5.32 Å². The van der Waals surface area contributed by atoms with Crippen molar-refractivity contribution in [2.45, 2.75) is 44.9 Å². The summed E-state index contributed by atoms with van der Waals surface area (Å²) in [6.45, 7) is 5.42. The Morgan fingerprint density at radius 1 is 1.38 bits per heavy atom. The van der Waals surface area contributed by atoms with Crippen LogP contribution in [0.15, 0.2) is 24.3 Å². The van der Waals surface area contributed by atoms with Crippen LogP contribution in [0.1, 0.15) is 42.6 Å². The maximum atomic E-state index is 12.4. The molecular formula is C19H25N3O2. The second kappa shape index (κ2) is 6.19. The maximum absolute atomic E-state index is 12.4. The van der Waals surface area contributed by atoms with Gasteiger partial charge in [-0.1, -0.05) is 13.8 Å². The minimum absolute atomic E-state index is 0.116. The number of nitrogens with one attached hydrogen (secondary N) is 1. The number of aliphatic hydroxyl groups is 1. The van der Waals surface area contributed by atoms with Crippen molar-refractivity contribution in [3.05, 3.63) is 35.4 Å². The molecule has 0 aromatic heterocycles. The zero-order valence-corrected chi connectivity index (χ0v) is 14.5. The molecule has 2 N–H and O–H groups in total. The molecule has 128 valence electrons. The number of amides is 1. The van der Waals surface area contributed by atoms with Gasteiger partial charge in [-0.15, -0.1) is 0 Å². The molecule has 1 aliphatic carbocycles. The average molecular weight is 327 g/mol. The molecule has 2 fully saturated rings. The highest BCUT2D eigenvalue weighted by atomic mass is 16.3. The van der Waals surface area contributed by atoms with Crippen LogP contribution in [-0.4, -0.2) is 47.7 Å². The standard InChI is InChI=1S/C19H25N3O2/c1-12(2)17-19(11-22(17)3)8-15(16(23)9-19)21-18(24)14-6-4-13(10-20)5-7-14/h4-7,12,15-17,23H,8-9,11H2,1-3H3,(H,21,24)/t15-,16-,17?,19?/m1/s1. The van der Waals surface area contributed by atoms with Gasteiger partial charge in [-0.25, -0.2) is 0 Å². The molecule has 1 amide bonds. The van der Waals surface area contributed by atoms with Crippen molar-refractivity contribution in [1.29, 1.82) is 5.26 Å². The van der Waals surface area contributed by atoms with Crippen molar-refractivity contribution in [2.24, 2.45) is 11.3 Å². The fourth-order valence-electron chi connectivity index (χ4n) is 4.94. The maximum Gasteiger partial charge on any atom is 0.251 e. The van der Waals surface area contributed by atoms with E-state index in [0.29, 0.717) is 23.1 Å². The number of benzene rings is 1. The van der Waals surface area contributed by atoms with Crippen LogP contribution in [0, 0.1) is 22.7 Å². The molecule has 2 aliphatic rings. The van der Waals surface area contributed by atoms with Crippen LogP contribution >= 0.6 is 0 Å². The summed E-state index contributed by atoms with van der Waals surface area (Å²) >= 11 is 0. The molecule has 1 aromatic carbocycles. The van der Waals surface area contributed by atoms with E-state index in [4.69, 9.17) is 5.26 Å². The number of aliphatic hydroxyl groups excluding tert-OH is 1. The third kappa shape index (κ3) is 2.81. The fraction of sp³-hybridized carbons (Fsp3) is 0.579. The number of carbonyl (C=O) groups is 1. The fourth-order valence-corrected chi connectivity index (χ4v) is 4.94. The van der Waals surface area contributed by atoms with Gasteiger partial charge in [0.15, 0.2) is 0 Å². The Morgan fingerprint density at radius 2 is 2.04 bits per heavy atom. The molecule has 2 unspecified atom stereocenters. The van der Waals surface area contributed by atoms with Gasteiger partial charge < -0.3 is 15.3 Å². The highest BCUT2D eigenvalue weighted by Crippen LogP contribution is 2.52. The molecule has 1 heterocycles. The number of hydrogen-bond donors (Lipinski definition) is 2. The Bertz CT molecular complexity index is 659. The molecule has 5 heteroatoms. The van der Waals surface area contributed by atoms with Crippen LogP contribution in [0.25, 0.3) is 0 Å². The van der Waals surface area contributed by atoms with E-state index >= 15 is 0 Å². The summed E-state index contributed by atoms with van der Waals surface area (Å²) in [6, 6.07) is 8.87. The zero-order chi connectivity index (χ0) is 17.5. The first-order chi connectivity index (χ1) is 11.4. The Hall–Kier alpha value is -1.90. The van der Waals surface area contributed by atoms with Gasteiger partial charge in [0.05, 0.1) is 23.8 Å². The molecule has 1 spiro atoms. The van der Waals surface area contributed by atoms with Crippen molar-refractivity contribution in [3.63, 3.8) is 0 Å². The Kier molecular flexibility index (Phi) is 4.37. The Morgan fingerprint density at radius 3 is 2.58 bits per heavy atom. The molecule has 4 atom stereocenters. The van der Waals surface area contributed by atoms with Gasteiger partial charge in [0.1, 0.15) is 0 Å². The van der Waals surface area contributed by atoms with E-state index in [1.165, 1.54) is 0 Å². The van der Waals surface area contributed by atoms with Crippen LogP contribution in [0.3, 0.4) is 0 Å². The molecular weight excluding hydrogens is 302 g/mol. The molecule has 1 saturated carbocycles. The van der Waals surface area contributed by atoms with Crippen molar-refractivity contribution in [1.82, 2.24) is 10.2 Å². The molecule has 1 aromatic rings. The van der Waals surface area contributed by atoms with Gasteiger partial charge in [-0.2, -0.15) is 5.26 Å². The minimum atomic E-state index is -0.498. The summed E-state index contributed by atoms with van der Waals surface area (Å²) in [5.41, 5.74) is 1.17. The summed E-state index contributed by atoms with van der Waals surface area (Å²) in [4.78, 5) is 14.8. The number of nitrogens with zero attached hydrogens (tertiary/aromatic N) is 2. The first-order valence-corrected chi connectivity index (χ1v) is 8.55. The molecule has 1 saturated heterocycles. The quantitative estimate of drug-likeness (QED) is 0.887. The summed E-state index contributed by atoms with van der Waals surface area (Å²) in [7, 11) is 2.13. The number of carbonyl (C=O) groups excluding carboxylic acids is 1. The first kappa shape index (κ1) is 16.9. The van der Waals surface area contributed by atoms with Crippen molar-refractivity contribution in [3.8, 4) is 6.07 Å². The van der Waals surface area contributed by atoms with Gasteiger partial charge in [0.25, 0.3) is 5.91 Å². The minimum Gasteiger partial charge on any atom is -0.391 e. The van der Waals surface area contributed by atoms with Crippen LogP contribution in [0.5, 0.6) is 0 Å². The Balaban J connectivity index is 1.68. The summed E-state index contributed by atoms with van der Waals surface area (Å²) in [6.07, 6.45) is 1.07. The van der Waals surface area contributed by atoms with E-state index in [9.17, 15) is 9.90 Å². The van der Waals surface area contributed by atoms with E-state index in [0.717, 1.165) is 19.4 Å². The monoisotopic (exact) mass is 327 g/mol. The lowest BCUT2D eigenvalue weighted by Crippen LogP contribution is -2.64. The van der Waals surface area contributed by atoms with Crippen LogP contribution in [0.4, 0.5) is 0 Å². The molecule has 24 heavy (non-hydrogen) atoms. The van der Waals surface area contributed by atoms with E-state index in [2.05, 4.69) is 31.1 Å². The number of nitriles is 1. The topological polar surface area (TPSA) is 76.4 Å². The highest BCUT2D eigenvalue weighted by molar-refractivity contribution is 5.94. The highest BCUT2D eigenvalue weighted by Gasteiger charge is 2.58. The molecule has 5 nitrogen and oxygen atoms in total. The van der Waals surface area contributed by atoms with Crippen molar-refractivity contribution >= 4 is 5.91 Å². The summed E-state index contributed by atoms with van der Waals surface area (Å²) < 4.78 is 0. The first-order valence-electron chi connectivity index (χ1n) is 8.55. The third-order valence-electron chi connectivity index (χ3n) is 5.60. The lowest BCUT2D eigenvalue weighted by atomic mass is 9.66. The SMILES string of the molecule is CC(C)C1N(C)CC12C[C@@H](O)[C@H](NC(=O)c1ccc(C#N)cc1)C2. The van der Waals surface area contributed by atoms with Gasteiger partial charge in [-0.3, -0.25) is 4.79 Å². The molecule has 3 rings (SSSR count). The van der Waals surface area contributed by atoms with Crippen molar-refractivity contribution in [2.75, 3.05) is 13.6 Å².